The molecule has 112 valence electrons. The molecule has 0 spiro atoms. The monoisotopic (exact) mass is 328 g/mol. The van der Waals surface area contributed by atoms with Crippen LogP contribution in [0.1, 0.15) is 32.5 Å². The number of amides is 1. The fourth-order valence-electron chi connectivity index (χ4n) is 2.58. The highest BCUT2D eigenvalue weighted by Gasteiger charge is 2.23. The number of nitrogens with zero attached hydrogens (tertiary/aromatic N) is 2. The normalized spacial score (nSPS) is 18.5. The molecule has 5 heteroatoms. The minimum Gasteiger partial charge on any atom is -0.338 e. The summed E-state index contributed by atoms with van der Waals surface area (Å²) >= 11 is 3.72. The smallest absolute Gasteiger partial charge is 0.253 e. The van der Waals surface area contributed by atoms with Gasteiger partial charge in [-0.05, 0) is 36.1 Å². The van der Waals surface area contributed by atoms with Gasteiger partial charge in [-0.1, -0.05) is 12.1 Å². The molecule has 22 heavy (non-hydrogen) atoms. The average Bonchev–Trinajstić information content (AvgIpc) is 2.99. The van der Waals surface area contributed by atoms with E-state index in [1.54, 1.807) is 35.6 Å². The molecule has 1 unspecified atom stereocenters. The lowest BCUT2D eigenvalue weighted by molar-refractivity contribution is 0.0766. The molecule has 1 aliphatic heterocycles. The molecule has 1 aliphatic rings. The van der Waals surface area contributed by atoms with Crippen molar-refractivity contribution in [3.63, 3.8) is 0 Å². The molecule has 1 fully saturated rings. The number of rotatable bonds is 2. The van der Waals surface area contributed by atoms with E-state index >= 15 is 0 Å². The van der Waals surface area contributed by atoms with E-state index in [2.05, 4.69) is 23.6 Å². The third-order valence-electron chi connectivity index (χ3n) is 3.73. The first-order valence-electron chi connectivity index (χ1n) is 7.22. The molecule has 3 rings (SSSR count). The Morgan fingerprint density at radius 2 is 2.18 bits per heavy atom. The number of carbonyl (C=O) groups is 1. The highest BCUT2D eigenvalue weighted by atomic mass is 32.2. The maximum atomic E-state index is 12.6. The molecule has 0 saturated carbocycles. The van der Waals surface area contributed by atoms with Gasteiger partial charge in [-0.15, -0.1) is 11.3 Å². The Labute approximate surface area is 138 Å². The molecule has 1 amide bonds. The van der Waals surface area contributed by atoms with E-state index in [0.29, 0.717) is 16.4 Å². The van der Waals surface area contributed by atoms with Gasteiger partial charge in [0.05, 0.1) is 11.6 Å². The molecule has 0 bridgehead atoms. The third-order valence-corrected chi connectivity index (χ3v) is 6.17. The van der Waals surface area contributed by atoms with E-state index < -0.39 is 0 Å². The standard InChI is InChI=1S/C17H16N2OS2/c18-12-13-3-1-4-14(11-13)17(20)19-7-6-16(22-10-8-19)15-5-2-9-21-15/h1-5,9,11,16H,6-8,10H2. The summed E-state index contributed by atoms with van der Waals surface area (Å²) in [5, 5.41) is 11.6. The quantitative estimate of drug-likeness (QED) is 0.839. The second-order valence-corrected chi connectivity index (χ2v) is 7.44. The van der Waals surface area contributed by atoms with Crippen LogP contribution in [0.15, 0.2) is 41.8 Å². The van der Waals surface area contributed by atoms with E-state index in [1.165, 1.54) is 4.88 Å². The molecular weight excluding hydrogens is 312 g/mol. The van der Waals surface area contributed by atoms with Crippen LogP contribution in [-0.2, 0) is 0 Å². The van der Waals surface area contributed by atoms with Crippen LogP contribution in [0, 0.1) is 11.3 Å². The minimum absolute atomic E-state index is 0.0320. The lowest BCUT2D eigenvalue weighted by Gasteiger charge is -2.20. The second-order valence-electron chi connectivity index (χ2n) is 5.15. The molecule has 1 aromatic carbocycles. The fraction of sp³-hybridized carbons (Fsp3) is 0.294. The van der Waals surface area contributed by atoms with Crippen molar-refractivity contribution in [1.29, 1.82) is 5.26 Å². The number of thiophene rings is 1. The first-order chi connectivity index (χ1) is 10.8. The Morgan fingerprint density at radius 1 is 1.27 bits per heavy atom. The largest absolute Gasteiger partial charge is 0.338 e. The van der Waals surface area contributed by atoms with E-state index in [-0.39, 0.29) is 5.91 Å². The van der Waals surface area contributed by atoms with Gasteiger partial charge in [-0.2, -0.15) is 17.0 Å². The van der Waals surface area contributed by atoms with Crippen LogP contribution in [0.5, 0.6) is 0 Å². The molecule has 0 aliphatic carbocycles. The number of hydrogen-bond acceptors (Lipinski definition) is 4. The second kappa shape index (κ2) is 6.99. The van der Waals surface area contributed by atoms with Crippen LogP contribution < -0.4 is 0 Å². The molecule has 0 radical (unpaired) electrons. The summed E-state index contributed by atoms with van der Waals surface area (Å²) in [6, 6.07) is 13.3. The Kier molecular flexibility index (Phi) is 4.81. The SMILES string of the molecule is N#Cc1cccc(C(=O)N2CCSC(c3cccs3)CC2)c1. The number of carbonyl (C=O) groups excluding carboxylic acids is 1. The van der Waals surface area contributed by atoms with Gasteiger partial charge in [-0.3, -0.25) is 4.79 Å². The molecule has 1 saturated heterocycles. The molecule has 3 nitrogen and oxygen atoms in total. The van der Waals surface area contributed by atoms with Crippen molar-refractivity contribution in [2.24, 2.45) is 0 Å². The van der Waals surface area contributed by atoms with E-state index in [0.717, 1.165) is 25.3 Å². The summed E-state index contributed by atoms with van der Waals surface area (Å²) in [4.78, 5) is 15.9. The molecular formula is C17H16N2OS2. The van der Waals surface area contributed by atoms with Crippen LogP contribution in [0.2, 0.25) is 0 Å². The highest BCUT2D eigenvalue weighted by Crippen LogP contribution is 2.36. The molecule has 1 aromatic heterocycles. The highest BCUT2D eigenvalue weighted by molar-refractivity contribution is 7.99. The van der Waals surface area contributed by atoms with E-state index in [9.17, 15) is 4.79 Å². The maximum absolute atomic E-state index is 12.6. The first kappa shape index (κ1) is 15.1. The summed E-state index contributed by atoms with van der Waals surface area (Å²) in [7, 11) is 0. The van der Waals surface area contributed by atoms with Gasteiger partial charge in [0.25, 0.3) is 5.91 Å². The Hall–Kier alpha value is -1.77. The molecule has 2 aromatic rings. The van der Waals surface area contributed by atoms with Crippen molar-refractivity contribution in [3.8, 4) is 6.07 Å². The first-order valence-corrected chi connectivity index (χ1v) is 9.15. The summed E-state index contributed by atoms with van der Waals surface area (Å²) in [6.07, 6.45) is 0.981. The Morgan fingerprint density at radius 3 is 2.95 bits per heavy atom. The van der Waals surface area contributed by atoms with Crippen LogP contribution in [-0.4, -0.2) is 29.6 Å². The number of benzene rings is 1. The van der Waals surface area contributed by atoms with Crippen LogP contribution in [0.25, 0.3) is 0 Å². The third kappa shape index (κ3) is 3.34. The Bertz CT molecular complexity index is 691. The van der Waals surface area contributed by atoms with Gasteiger partial charge in [-0.25, -0.2) is 0 Å². The number of thioether (sulfide) groups is 1. The Balaban J connectivity index is 1.70. The van der Waals surface area contributed by atoms with Gasteiger partial charge in [0.15, 0.2) is 0 Å². The average molecular weight is 328 g/mol. The van der Waals surface area contributed by atoms with Crippen LogP contribution >= 0.6 is 23.1 Å². The molecule has 0 N–H and O–H groups in total. The van der Waals surface area contributed by atoms with Crippen molar-refractivity contribution in [3.05, 3.63) is 57.8 Å². The van der Waals surface area contributed by atoms with Gasteiger partial charge < -0.3 is 4.90 Å². The fourth-order valence-corrected chi connectivity index (χ4v) is 4.82. The van der Waals surface area contributed by atoms with Crippen LogP contribution in [0.4, 0.5) is 0 Å². The molecule has 2 heterocycles. The lowest BCUT2D eigenvalue weighted by Crippen LogP contribution is -2.33. The van der Waals surface area contributed by atoms with Crippen molar-refractivity contribution >= 4 is 29.0 Å². The minimum atomic E-state index is 0.0320. The van der Waals surface area contributed by atoms with Gasteiger partial charge >= 0.3 is 0 Å². The van der Waals surface area contributed by atoms with E-state index in [4.69, 9.17) is 5.26 Å². The predicted molar refractivity (Wildman–Crippen MR) is 91.2 cm³/mol. The number of nitriles is 1. The summed E-state index contributed by atoms with van der Waals surface area (Å²) in [6.45, 7) is 1.54. The van der Waals surface area contributed by atoms with Crippen molar-refractivity contribution in [2.45, 2.75) is 11.7 Å². The predicted octanol–water partition coefficient (Wildman–Crippen LogP) is 3.94. The topological polar surface area (TPSA) is 44.1 Å². The van der Waals surface area contributed by atoms with Crippen molar-refractivity contribution in [1.82, 2.24) is 4.90 Å². The zero-order valence-corrected chi connectivity index (χ0v) is 13.7. The number of hydrogen-bond donors (Lipinski definition) is 0. The summed E-state index contributed by atoms with van der Waals surface area (Å²) < 4.78 is 0. The van der Waals surface area contributed by atoms with Gasteiger partial charge in [0.1, 0.15) is 0 Å². The maximum Gasteiger partial charge on any atom is 0.253 e. The summed E-state index contributed by atoms with van der Waals surface area (Å²) in [5.74, 6) is 0.983. The van der Waals surface area contributed by atoms with Gasteiger partial charge in [0, 0.05) is 34.5 Å². The van der Waals surface area contributed by atoms with Crippen molar-refractivity contribution < 1.29 is 4.79 Å². The summed E-state index contributed by atoms with van der Waals surface area (Å²) in [5.41, 5.74) is 1.14. The van der Waals surface area contributed by atoms with Crippen molar-refractivity contribution in [2.75, 3.05) is 18.8 Å². The van der Waals surface area contributed by atoms with E-state index in [1.807, 2.05) is 16.7 Å². The lowest BCUT2D eigenvalue weighted by atomic mass is 10.1. The zero-order valence-electron chi connectivity index (χ0n) is 12.1. The molecule has 1 atom stereocenters. The van der Waals surface area contributed by atoms with Crippen LogP contribution in [0.3, 0.4) is 0 Å². The zero-order chi connectivity index (χ0) is 15.4. The van der Waals surface area contributed by atoms with Gasteiger partial charge in [0.2, 0.25) is 0 Å².